The van der Waals surface area contributed by atoms with Gasteiger partial charge in [-0.05, 0) is 65.5 Å². The van der Waals surface area contributed by atoms with Gasteiger partial charge in [-0.15, -0.1) is 0 Å². The third-order valence-corrected chi connectivity index (χ3v) is 5.27. The summed E-state index contributed by atoms with van der Waals surface area (Å²) in [6.07, 6.45) is -1.67. The van der Waals surface area contributed by atoms with Gasteiger partial charge in [0.05, 0.1) is 28.5 Å². The first-order valence-corrected chi connectivity index (χ1v) is 11.6. The Labute approximate surface area is 212 Å². The van der Waals surface area contributed by atoms with Gasteiger partial charge in [-0.3, -0.25) is 14.4 Å². The number of nitrogens with zero attached hydrogens (tertiary/aromatic N) is 1. The second-order valence-corrected chi connectivity index (χ2v) is 8.44. The zero-order valence-corrected chi connectivity index (χ0v) is 20.5. The first-order chi connectivity index (χ1) is 17.1. The van der Waals surface area contributed by atoms with E-state index in [9.17, 15) is 27.6 Å². The Kier molecular flexibility index (Phi) is 8.91. The number of rotatable bonds is 9. The highest BCUT2D eigenvalue weighted by atomic mass is 79.9. The van der Waals surface area contributed by atoms with Crippen molar-refractivity contribution in [2.24, 2.45) is 5.10 Å². The molecule has 3 rings (SSSR count). The molecule has 192 valence electrons. The van der Waals surface area contributed by atoms with Gasteiger partial charge in [-0.2, -0.15) is 18.3 Å². The van der Waals surface area contributed by atoms with Crippen molar-refractivity contribution in [2.45, 2.75) is 32.0 Å². The average molecular weight is 571 g/mol. The number of para-hydroxylation sites is 1. The average Bonchev–Trinajstić information content (AvgIpc) is 3.62. The minimum atomic E-state index is -4.63. The molecule has 13 heteroatoms. The van der Waals surface area contributed by atoms with Gasteiger partial charge in [0, 0.05) is 6.04 Å². The standard InChI is InChI=1S/C23H22BrF3N4O5/c1-2-35-18-10-13(11-28-31-22(34)21(33)29-14-7-8-14)9-16(24)20(18)36-12-19(32)30-17-6-4-3-5-15(17)23(25,26)27/h3-6,9-11,14H,2,7-8,12H2,1H3,(H,29,33)(H,30,32)(H,31,34)/b28-11-. The number of ether oxygens (including phenoxy) is 2. The molecule has 3 amide bonds. The molecule has 0 aromatic heterocycles. The highest BCUT2D eigenvalue weighted by Gasteiger charge is 2.33. The summed E-state index contributed by atoms with van der Waals surface area (Å²) in [5.74, 6) is -2.12. The van der Waals surface area contributed by atoms with E-state index in [1.807, 2.05) is 0 Å². The van der Waals surface area contributed by atoms with Crippen molar-refractivity contribution >= 4 is 45.6 Å². The molecular weight excluding hydrogens is 549 g/mol. The topological polar surface area (TPSA) is 118 Å². The van der Waals surface area contributed by atoms with Crippen LogP contribution in [0.1, 0.15) is 30.9 Å². The van der Waals surface area contributed by atoms with Crippen LogP contribution in [-0.4, -0.2) is 43.2 Å². The number of halogens is 4. The smallest absolute Gasteiger partial charge is 0.418 e. The molecule has 0 aliphatic heterocycles. The van der Waals surface area contributed by atoms with Crippen molar-refractivity contribution in [2.75, 3.05) is 18.5 Å². The van der Waals surface area contributed by atoms with Crippen LogP contribution in [-0.2, 0) is 20.6 Å². The summed E-state index contributed by atoms with van der Waals surface area (Å²) in [4.78, 5) is 35.7. The number of hydrogen-bond donors (Lipinski definition) is 3. The molecule has 0 radical (unpaired) electrons. The van der Waals surface area contributed by atoms with Crippen LogP contribution in [0.15, 0.2) is 46.0 Å². The minimum absolute atomic E-state index is 0.0333. The number of hydrazone groups is 1. The Hall–Kier alpha value is -3.61. The first kappa shape index (κ1) is 27.0. The lowest BCUT2D eigenvalue weighted by molar-refractivity contribution is -0.139. The van der Waals surface area contributed by atoms with Gasteiger partial charge in [0.15, 0.2) is 18.1 Å². The summed E-state index contributed by atoms with van der Waals surface area (Å²) in [7, 11) is 0. The number of benzene rings is 2. The number of anilines is 1. The maximum Gasteiger partial charge on any atom is 0.418 e. The number of nitrogens with one attached hydrogen (secondary N) is 3. The van der Waals surface area contributed by atoms with E-state index in [1.54, 1.807) is 13.0 Å². The van der Waals surface area contributed by atoms with Gasteiger partial charge >= 0.3 is 18.0 Å². The molecule has 3 N–H and O–H groups in total. The summed E-state index contributed by atoms with van der Waals surface area (Å²) in [6.45, 7) is 1.37. The fourth-order valence-electron chi connectivity index (χ4n) is 2.92. The zero-order chi connectivity index (χ0) is 26.3. The van der Waals surface area contributed by atoms with Crippen LogP contribution in [0.4, 0.5) is 18.9 Å². The van der Waals surface area contributed by atoms with Crippen LogP contribution in [0, 0.1) is 0 Å². The van der Waals surface area contributed by atoms with E-state index in [0.717, 1.165) is 25.0 Å². The van der Waals surface area contributed by atoms with Crippen LogP contribution in [0.2, 0.25) is 0 Å². The molecule has 1 aliphatic rings. The predicted molar refractivity (Wildman–Crippen MR) is 128 cm³/mol. The SMILES string of the molecule is CCOc1cc(/C=N\NC(=O)C(=O)NC2CC2)cc(Br)c1OCC(=O)Nc1ccccc1C(F)(F)F. The molecule has 0 spiro atoms. The summed E-state index contributed by atoms with van der Waals surface area (Å²) in [6, 6.07) is 7.70. The van der Waals surface area contributed by atoms with Gasteiger partial charge in [0.25, 0.3) is 5.91 Å². The van der Waals surface area contributed by atoms with Crippen molar-refractivity contribution in [3.63, 3.8) is 0 Å². The van der Waals surface area contributed by atoms with Crippen molar-refractivity contribution < 1.29 is 37.0 Å². The summed E-state index contributed by atoms with van der Waals surface area (Å²) in [5.41, 5.74) is 1.22. The number of carbonyl (C=O) groups is 3. The highest BCUT2D eigenvalue weighted by Crippen LogP contribution is 2.37. The molecule has 0 heterocycles. The molecule has 0 atom stereocenters. The van der Waals surface area contributed by atoms with E-state index in [2.05, 4.69) is 37.1 Å². The maximum absolute atomic E-state index is 13.1. The van der Waals surface area contributed by atoms with E-state index in [1.165, 1.54) is 24.4 Å². The largest absolute Gasteiger partial charge is 0.490 e. The van der Waals surface area contributed by atoms with Crippen LogP contribution in [0.25, 0.3) is 0 Å². The summed E-state index contributed by atoms with van der Waals surface area (Å²) >= 11 is 3.30. The van der Waals surface area contributed by atoms with Gasteiger partial charge in [-0.1, -0.05) is 12.1 Å². The molecule has 0 unspecified atom stereocenters. The Morgan fingerprint density at radius 3 is 2.53 bits per heavy atom. The van der Waals surface area contributed by atoms with Crippen LogP contribution in [0.5, 0.6) is 11.5 Å². The van der Waals surface area contributed by atoms with Crippen LogP contribution >= 0.6 is 15.9 Å². The van der Waals surface area contributed by atoms with E-state index < -0.39 is 36.1 Å². The Bertz CT molecular complexity index is 1170. The second kappa shape index (κ2) is 11.9. The van der Waals surface area contributed by atoms with E-state index in [4.69, 9.17) is 9.47 Å². The highest BCUT2D eigenvalue weighted by molar-refractivity contribution is 9.10. The Morgan fingerprint density at radius 2 is 1.86 bits per heavy atom. The van der Waals surface area contributed by atoms with Crippen LogP contribution < -0.4 is 25.5 Å². The number of alkyl halides is 3. The lowest BCUT2D eigenvalue weighted by atomic mass is 10.1. The quantitative estimate of drug-likeness (QED) is 0.242. The van der Waals surface area contributed by atoms with E-state index in [0.29, 0.717) is 10.0 Å². The molecule has 0 bridgehead atoms. The van der Waals surface area contributed by atoms with Crippen molar-refractivity contribution in [1.82, 2.24) is 10.7 Å². The molecule has 2 aromatic carbocycles. The molecule has 1 fully saturated rings. The molecule has 0 saturated heterocycles. The number of hydrogen-bond acceptors (Lipinski definition) is 6. The molecule has 36 heavy (non-hydrogen) atoms. The van der Waals surface area contributed by atoms with E-state index in [-0.39, 0.29) is 29.8 Å². The second-order valence-electron chi connectivity index (χ2n) is 7.59. The van der Waals surface area contributed by atoms with Crippen molar-refractivity contribution in [3.8, 4) is 11.5 Å². The Balaban J connectivity index is 1.65. The third kappa shape index (κ3) is 7.70. The summed E-state index contributed by atoms with van der Waals surface area (Å²) < 4.78 is 50.8. The fraction of sp³-hybridized carbons (Fsp3) is 0.304. The van der Waals surface area contributed by atoms with Crippen LogP contribution in [0.3, 0.4) is 0 Å². The molecular formula is C23H22BrF3N4O5. The third-order valence-electron chi connectivity index (χ3n) is 4.68. The minimum Gasteiger partial charge on any atom is -0.490 e. The molecule has 2 aromatic rings. The fourth-order valence-corrected chi connectivity index (χ4v) is 3.50. The van der Waals surface area contributed by atoms with Gasteiger partial charge in [0.1, 0.15) is 0 Å². The zero-order valence-electron chi connectivity index (χ0n) is 18.9. The Morgan fingerprint density at radius 1 is 1.14 bits per heavy atom. The maximum atomic E-state index is 13.1. The predicted octanol–water partition coefficient (Wildman–Crippen LogP) is 3.61. The lowest BCUT2D eigenvalue weighted by Crippen LogP contribution is -2.38. The molecule has 9 nitrogen and oxygen atoms in total. The molecule has 1 aliphatic carbocycles. The van der Waals surface area contributed by atoms with E-state index >= 15 is 0 Å². The first-order valence-electron chi connectivity index (χ1n) is 10.8. The lowest BCUT2D eigenvalue weighted by Gasteiger charge is -2.16. The monoisotopic (exact) mass is 570 g/mol. The van der Waals surface area contributed by atoms with Crippen molar-refractivity contribution in [1.29, 1.82) is 0 Å². The normalized spacial score (nSPS) is 13.2. The van der Waals surface area contributed by atoms with Gasteiger partial charge in [0.2, 0.25) is 0 Å². The van der Waals surface area contributed by atoms with Gasteiger partial charge in [-0.25, -0.2) is 5.43 Å². The number of carbonyl (C=O) groups excluding carboxylic acids is 3. The molecule has 1 saturated carbocycles. The summed E-state index contributed by atoms with van der Waals surface area (Å²) in [5, 5.41) is 8.49. The van der Waals surface area contributed by atoms with Crippen molar-refractivity contribution in [3.05, 3.63) is 52.0 Å². The van der Waals surface area contributed by atoms with Gasteiger partial charge < -0.3 is 20.1 Å². The number of amides is 3.